The summed E-state index contributed by atoms with van der Waals surface area (Å²) in [6.45, 7) is 2.64. The van der Waals surface area contributed by atoms with Crippen LogP contribution in [-0.4, -0.2) is 81.6 Å². The number of allylic oxidation sites excluding steroid dienone is 3. The summed E-state index contributed by atoms with van der Waals surface area (Å²) in [5.74, 6) is -1.40. The maximum Gasteiger partial charge on any atom is 0.375 e. The van der Waals surface area contributed by atoms with Crippen LogP contribution in [0.3, 0.4) is 0 Å². The molecule has 4 aliphatic rings. The summed E-state index contributed by atoms with van der Waals surface area (Å²) in [6.07, 6.45) is 5.13. The highest BCUT2D eigenvalue weighted by Gasteiger charge is 2.46. The highest BCUT2D eigenvalue weighted by Crippen LogP contribution is 2.57. The molecule has 4 unspecified atom stereocenters. The zero-order valence-corrected chi connectivity index (χ0v) is 30.2. The lowest BCUT2D eigenvalue weighted by Gasteiger charge is -2.32. The van der Waals surface area contributed by atoms with Crippen LogP contribution in [0.2, 0.25) is 0 Å². The Kier molecular flexibility index (Phi) is 10.5. The van der Waals surface area contributed by atoms with Crippen LogP contribution in [-0.2, 0) is 38.6 Å². The predicted octanol–water partition coefficient (Wildman–Crippen LogP) is 4.51. The van der Waals surface area contributed by atoms with Gasteiger partial charge in [-0.2, -0.15) is 0 Å². The fourth-order valence-corrected chi connectivity index (χ4v) is 8.38. The topological polar surface area (TPSA) is 185 Å². The maximum absolute atomic E-state index is 13.9. The van der Waals surface area contributed by atoms with Gasteiger partial charge >= 0.3 is 5.97 Å². The SMILES string of the molecule is CCOC(=O)C1=C(C=O)C2=C3CCC(=O)C(C3)c3cc4cc[nH]c4cc3CCC(CO)COc3c4c(c(CO)c(c32)O1)OC(C(C)(O)CCCCO)C4. The minimum atomic E-state index is -1.33. The average molecular weight is 730 g/mol. The molecule has 53 heavy (non-hydrogen) atoms. The number of carbonyl (C=O) groups is 3. The van der Waals surface area contributed by atoms with Crippen LogP contribution in [0.4, 0.5) is 0 Å². The molecular formula is C41H47NO11. The van der Waals surface area contributed by atoms with Crippen molar-refractivity contribution in [3.8, 4) is 17.2 Å². The third-order valence-electron chi connectivity index (χ3n) is 11.3. The Morgan fingerprint density at radius 2 is 1.92 bits per heavy atom. The molecule has 1 fully saturated rings. The molecule has 12 nitrogen and oxygen atoms in total. The molecular weight excluding hydrogens is 682 g/mol. The number of benzene rings is 2. The number of unbranched alkanes of at least 4 members (excludes halogenated alkanes) is 1. The second-order valence-corrected chi connectivity index (χ2v) is 14.7. The first-order valence-electron chi connectivity index (χ1n) is 18.6. The molecule has 12 heteroatoms. The van der Waals surface area contributed by atoms with E-state index in [9.17, 15) is 34.8 Å². The van der Waals surface area contributed by atoms with Gasteiger partial charge in [-0.25, -0.2) is 4.79 Å². The summed E-state index contributed by atoms with van der Waals surface area (Å²) in [7, 11) is 0. The van der Waals surface area contributed by atoms with E-state index in [1.165, 1.54) is 0 Å². The molecule has 7 rings (SSSR count). The van der Waals surface area contributed by atoms with E-state index in [0.717, 1.165) is 27.6 Å². The number of nitrogens with one attached hydrogen (secondary N) is 1. The zero-order valence-electron chi connectivity index (χ0n) is 30.2. The zero-order chi connectivity index (χ0) is 37.4. The van der Waals surface area contributed by atoms with Gasteiger partial charge in [0.1, 0.15) is 29.1 Å². The Morgan fingerprint density at radius 3 is 2.66 bits per heavy atom. The van der Waals surface area contributed by atoms with Crippen LogP contribution in [0.1, 0.15) is 92.5 Å². The van der Waals surface area contributed by atoms with Crippen molar-refractivity contribution in [3.05, 3.63) is 69.1 Å². The molecule has 3 aliphatic heterocycles. The number of ketones is 1. The highest BCUT2D eigenvalue weighted by molar-refractivity contribution is 6.11. The van der Waals surface area contributed by atoms with E-state index >= 15 is 0 Å². The van der Waals surface area contributed by atoms with E-state index in [-0.39, 0.29) is 85.8 Å². The number of aldehydes is 1. The number of Topliss-reactive ketones (excluding diaryl/α,β-unsaturated/α-hetero) is 1. The van der Waals surface area contributed by atoms with Crippen molar-refractivity contribution in [2.45, 2.75) is 95.9 Å². The smallest absolute Gasteiger partial charge is 0.375 e. The molecule has 5 N–H and O–H groups in total. The molecule has 1 saturated carbocycles. The van der Waals surface area contributed by atoms with E-state index in [4.69, 9.17) is 18.9 Å². The molecule has 1 aliphatic carbocycles. The van der Waals surface area contributed by atoms with E-state index in [2.05, 4.69) is 11.1 Å². The first kappa shape index (κ1) is 36.9. The summed E-state index contributed by atoms with van der Waals surface area (Å²) in [4.78, 5) is 43.9. The number of aromatic nitrogens is 1. The molecule has 0 spiro atoms. The van der Waals surface area contributed by atoms with E-state index in [0.29, 0.717) is 67.3 Å². The highest BCUT2D eigenvalue weighted by atomic mass is 16.6. The summed E-state index contributed by atoms with van der Waals surface area (Å²) < 4.78 is 24.8. The van der Waals surface area contributed by atoms with E-state index < -0.39 is 30.2 Å². The lowest BCUT2D eigenvalue weighted by Crippen LogP contribution is -2.42. The van der Waals surface area contributed by atoms with Gasteiger partial charge in [0.2, 0.25) is 5.76 Å². The first-order valence-corrected chi connectivity index (χ1v) is 18.6. The number of carbonyl (C=O) groups excluding carboxylic acids is 3. The van der Waals surface area contributed by atoms with Crippen molar-refractivity contribution < 1.29 is 53.8 Å². The number of aryl methyl sites for hydroxylation is 1. The second kappa shape index (κ2) is 15.1. The van der Waals surface area contributed by atoms with Crippen LogP contribution >= 0.6 is 0 Å². The Labute approximate surface area is 307 Å². The second-order valence-electron chi connectivity index (χ2n) is 14.7. The van der Waals surface area contributed by atoms with Crippen LogP contribution in [0.5, 0.6) is 17.2 Å². The van der Waals surface area contributed by atoms with Gasteiger partial charge in [0, 0.05) is 60.7 Å². The fourth-order valence-electron chi connectivity index (χ4n) is 8.38. The number of aliphatic hydroxyl groups excluding tert-OH is 3. The van der Waals surface area contributed by atoms with Crippen LogP contribution in [0.15, 0.2) is 41.3 Å². The molecule has 0 saturated heterocycles. The molecule has 0 radical (unpaired) electrons. The van der Waals surface area contributed by atoms with Gasteiger partial charge in [-0.15, -0.1) is 0 Å². The van der Waals surface area contributed by atoms with Crippen molar-refractivity contribution in [1.82, 2.24) is 4.98 Å². The van der Waals surface area contributed by atoms with Crippen molar-refractivity contribution in [2.75, 3.05) is 26.4 Å². The van der Waals surface area contributed by atoms with Crippen molar-refractivity contribution >= 4 is 34.5 Å². The third-order valence-corrected chi connectivity index (χ3v) is 11.3. The van der Waals surface area contributed by atoms with E-state index in [1.54, 1.807) is 13.8 Å². The Hall–Kier alpha value is -4.49. The van der Waals surface area contributed by atoms with Gasteiger partial charge in [-0.1, -0.05) is 5.57 Å². The quantitative estimate of drug-likeness (QED) is 0.112. The maximum atomic E-state index is 13.9. The van der Waals surface area contributed by atoms with Gasteiger partial charge in [0.25, 0.3) is 0 Å². The molecule has 1 aromatic heterocycles. The number of hydrogen-bond acceptors (Lipinski definition) is 11. The monoisotopic (exact) mass is 729 g/mol. The summed E-state index contributed by atoms with van der Waals surface area (Å²) >= 11 is 0. The van der Waals surface area contributed by atoms with Gasteiger partial charge < -0.3 is 44.4 Å². The molecule has 2 aromatic carbocycles. The van der Waals surface area contributed by atoms with Gasteiger partial charge in [-0.3, -0.25) is 9.59 Å². The number of rotatable bonds is 10. The third kappa shape index (κ3) is 6.66. The number of aromatic amines is 1. The molecule has 0 amide bonds. The standard InChI is InChI=1S/C41H47NO11/c1-3-50-40(48)39-29(19-45)34-25-8-9-32(47)27(15-25)26-14-24-10-12-42-31(24)16-23(26)7-6-22(18-44)21-51-37-28-17-33(41(2,49)11-4-5-13-43)52-36(28)30(20-46)38(53-39)35(34)37/h10,12,14,16,19,22,27,33,42-44,46,49H,3-9,11,13,15,17-18,20-21H2,1-2H3. The molecule has 282 valence electrons. The van der Waals surface area contributed by atoms with Crippen LogP contribution in [0.25, 0.3) is 16.5 Å². The molecule has 4 atom stereocenters. The number of esters is 1. The number of hydrogen-bond donors (Lipinski definition) is 5. The largest absolute Gasteiger partial charge is 0.492 e. The lowest BCUT2D eigenvalue weighted by molar-refractivity contribution is -0.141. The minimum Gasteiger partial charge on any atom is -0.492 e. The molecule has 4 heterocycles. The summed E-state index contributed by atoms with van der Waals surface area (Å²) in [6, 6.07) is 6.07. The van der Waals surface area contributed by atoms with Gasteiger partial charge in [0.15, 0.2) is 6.29 Å². The summed E-state index contributed by atoms with van der Waals surface area (Å²) in [5.41, 5.74) is 3.69. The molecule has 2 bridgehead atoms. The number of aliphatic hydroxyl groups is 4. The Balaban J connectivity index is 1.49. The van der Waals surface area contributed by atoms with Crippen LogP contribution < -0.4 is 14.2 Å². The van der Waals surface area contributed by atoms with Gasteiger partial charge in [-0.05, 0) is 93.5 Å². The van der Waals surface area contributed by atoms with Crippen molar-refractivity contribution in [2.24, 2.45) is 5.92 Å². The first-order chi connectivity index (χ1) is 25.6. The number of H-pyrrole nitrogens is 1. The summed E-state index contributed by atoms with van der Waals surface area (Å²) in [5, 5.41) is 43.5. The van der Waals surface area contributed by atoms with Crippen LogP contribution in [0, 0.1) is 5.92 Å². The van der Waals surface area contributed by atoms with Crippen molar-refractivity contribution in [3.63, 3.8) is 0 Å². The fraction of sp³-hybridized carbons (Fsp3) is 0.488. The van der Waals surface area contributed by atoms with Crippen molar-refractivity contribution in [1.29, 1.82) is 0 Å². The normalized spacial score (nSPS) is 22.2. The number of ether oxygens (including phenoxy) is 4. The predicted molar refractivity (Wildman–Crippen MR) is 194 cm³/mol. The average Bonchev–Trinajstić information content (AvgIpc) is 3.81. The Bertz CT molecular complexity index is 2000. The Morgan fingerprint density at radius 1 is 1.09 bits per heavy atom. The number of fused-ring (bicyclic) bond motifs is 7. The lowest BCUT2D eigenvalue weighted by atomic mass is 9.74. The minimum absolute atomic E-state index is 0.00926. The molecule has 3 aromatic rings. The van der Waals surface area contributed by atoms with Gasteiger partial charge in [0.05, 0.1) is 42.1 Å². The van der Waals surface area contributed by atoms with E-state index in [1.807, 2.05) is 18.3 Å².